The van der Waals surface area contributed by atoms with Crippen LogP contribution in [0.15, 0.2) is 78.0 Å². The van der Waals surface area contributed by atoms with Crippen molar-refractivity contribution < 1.29 is 17.6 Å². The largest absolute Gasteiger partial charge is 0.296 e. The molecule has 2 aromatic heterocycles. The maximum Gasteiger partial charge on any atom is 0.268 e. The first-order chi connectivity index (χ1) is 13.0. The minimum atomic E-state index is -4.02. The lowest BCUT2D eigenvalue weighted by Gasteiger charge is -2.09. The summed E-state index contributed by atoms with van der Waals surface area (Å²) < 4.78 is 40.9. The Bertz CT molecular complexity index is 1250. The summed E-state index contributed by atoms with van der Waals surface area (Å²) >= 11 is 0. The standard InChI is InChI=1S/C20H13FN2O3S/c21-15-8-6-14(7-9-15)20-17-12-22-11-10-18(17)23(19(20)13-24)27(25,26)16-4-2-1-3-5-16/h1-13H. The molecule has 0 bridgehead atoms. The number of pyridine rings is 1. The summed E-state index contributed by atoms with van der Waals surface area (Å²) in [7, 11) is -4.02. The third-order valence-corrected chi connectivity index (χ3v) is 6.03. The maximum absolute atomic E-state index is 13.3. The molecular formula is C20H13FN2O3S. The number of halogens is 1. The van der Waals surface area contributed by atoms with Crippen molar-refractivity contribution in [3.8, 4) is 11.1 Å². The van der Waals surface area contributed by atoms with E-state index in [4.69, 9.17) is 0 Å². The van der Waals surface area contributed by atoms with Crippen LogP contribution in [0.3, 0.4) is 0 Å². The van der Waals surface area contributed by atoms with Gasteiger partial charge in [0.25, 0.3) is 10.0 Å². The Kier molecular flexibility index (Phi) is 4.08. The molecule has 7 heteroatoms. The molecule has 134 valence electrons. The van der Waals surface area contributed by atoms with Gasteiger partial charge in [-0.1, -0.05) is 30.3 Å². The van der Waals surface area contributed by atoms with Crippen LogP contribution in [0.25, 0.3) is 22.0 Å². The van der Waals surface area contributed by atoms with E-state index in [1.54, 1.807) is 18.2 Å². The van der Waals surface area contributed by atoms with Crippen LogP contribution in [-0.4, -0.2) is 23.7 Å². The van der Waals surface area contributed by atoms with E-state index in [1.165, 1.54) is 54.9 Å². The number of fused-ring (bicyclic) bond motifs is 1. The number of carbonyl (C=O) groups excluding carboxylic acids is 1. The van der Waals surface area contributed by atoms with Crippen LogP contribution in [-0.2, 0) is 10.0 Å². The lowest BCUT2D eigenvalue weighted by molar-refractivity contribution is 0.111. The molecule has 4 aromatic rings. The van der Waals surface area contributed by atoms with Gasteiger partial charge in [0.1, 0.15) is 11.5 Å². The fourth-order valence-corrected chi connectivity index (χ4v) is 4.63. The van der Waals surface area contributed by atoms with Gasteiger partial charge in [-0.15, -0.1) is 0 Å². The topological polar surface area (TPSA) is 69.0 Å². The van der Waals surface area contributed by atoms with Gasteiger partial charge in [0, 0.05) is 23.3 Å². The van der Waals surface area contributed by atoms with E-state index in [9.17, 15) is 17.6 Å². The average Bonchev–Trinajstić information content (AvgIpc) is 3.04. The maximum atomic E-state index is 13.3. The van der Waals surface area contributed by atoms with Gasteiger partial charge in [-0.05, 0) is 35.9 Å². The Balaban J connectivity index is 2.11. The molecule has 0 aliphatic heterocycles. The highest BCUT2D eigenvalue weighted by molar-refractivity contribution is 7.90. The zero-order valence-electron chi connectivity index (χ0n) is 13.9. The predicted octanol–water partition coefficient (Wildman–Crippen LogP) is 3.89. The summed E-state index contributed by atoms with van der Waals surface area (Å²) in [6, 6.07) is 14.9. The van der Waals surface area contributed by atoms with E-state index in [2.05, 4.69) is 4.98 Å². The van der Waals surface area contributed by atoms with E-state index in [0.29, 0.717) is 28.3 Å². The van der Waals surface area contributed by atoms with Gasteiger partial charge in [-0.3, -0.25) is 9.78 Å². The Morgan fingerprint density at radius 3 is 2.33 bits per heavy atom. The molecule has 0 radical (unpaired) electrons. The Morgan fingerprint density at radius 1 is 0.963 bits per heavy atom. The van der Waals surface area contributed by atoms with Gasteiger partial charge in [0.15, 0.2) is 6.29 Å². The smallest absolute Gasteiger partial charge is 0.268 e. The van der Waals surface area contributed by atoms with Crippen molar-refractivity contribution in [1.29, 1.82) is 0 Å². The minimum absolute atomic E-state index is 0.0338. The zero-order valence-corrected chi connectivity index (χ0v) is 14.7. The van der Waals surface area contributed by atoms with E-state index in [-0.39, 0.29) is 10.6 Å². The zero-order chi connectivity index (χ0) is 19.0. The predicted molar refractivity (Wildman–Crippen MR) is 99.5 cm³/mol. The molecule has 0 amide bonds. The summed E-state index contributed by atoms with van der Waals surface area (Å²) in [5.41, 5.74) is 1.22. The molecule has 2 heterocycles. The first-order valence-electron chi connectivity index (χ1n) is 8.04. The summed E-state index contributed by atoms with van der Waals surface area (Å²) in [4.78, 5) is 16.1. The number of rotatable bonds is 4. The van der Waals surface area contributed by atoms with Crippen molar-refractivity contribution in [3.63, 3.8) is 0 Å². The SMILES string of the molecule is O=Cc1c(-c2ccc(F)cc2)c2cnccc2n1S(=O)(=O)c1ccccc1. The third kappa shape index (κ3) is 2.72. The molecule has 4 rings (SSSR count). The lowest BCUT2D eigenvalue weighted by Crippen LogP contribution is -2.15. The Morgan fingerprint density at radius 2 is 1.67 bits per heavy atom. The van der Waals surface area contributed by atoms with Gasteiger partial charge < -0.3 is 0 Å². The Labute approximate surface area is 154 Å². The number of hydrogen-bond donors (Lipinski definition) is 0. The van der Waals surface area contributed by atoms with Crippen molar-refractivity contribution in [3.05, 3.63) is 84.6 Å². The fourth-order valence-electron chi connectivity index (χ4n) is 3.11. The van der Waals surface area contributed by atoms with E-state index >= 15 is 0 Å². The molecule has 5 nitrogen and oxygen atoms in total. The van der Waals surface area contributed by atoms with Gasteiger partial charge in [0.05, 0.1) is 10.4 Å². The highest BCUT2D eigenvalue weighted by atomic mass is 32.2. The quantitative estimate of drug-likeness (QED) is 0.504. The van der Waals surface area contributed by atoms with Crippen LogP contribution in [0.1, 0.15) is 10.5 Å². The monoisotopic (exact) mass is 380 g/mol. The highest BCUT2D eigenvalue weighted by Crippen LogP contribution is 2.36. The first-order valence-corrected chi connectivity index (χ1v) is 9.48. The van der Waals surface area contributed by atoms with Crippen LogP contribution in [0.2, 0.25) is 0 Å². The van der Waals surface area contributed by atoms with Crippen LogP contribution in [0.4, 0.5) is 4.39 Å². The first kappa shape index (κ1) is 17.1. The van der Waals surface area contributed by atoms with Crippen molar-refractivity contribution in [2.24, 2.45) is 0 Å². The number of aromatic nitrogens is 2. The van der Waals surface area contributed by atoms with Crippen LogP contribution in [0, 0.1) is 5.82 Å². The minimum Gasteiger partial charge on any atom is -0.296 e. The van der Waals surface area contributed by atoms with Crippen molar-refractivity contribution in [2.45, 2.75) is 4.90 Å². The van der Waals surface area contributed by atoms with Gasteiger partial charge in [-0.2, -0.15) is 0 Å². The third-order valence-electron chi connectivity index (χ3n) is 4.29. The highest BCUT2D eigenvalue weighted by Gasteiger charge is 2.27. The summed E-state index contributed by atoms with van der Waals surface area (Å²) in [6.07, 6.45) is 3.46. The molecule has 0 N–H and O–H groups in total. The number of aldehydes is 1. The molecule has 2 aromatic carbocycles. The molecule has 27 heavy (non-hydrogen) atoms. The van der Waals surface area contributed by atoms with E-state index < -0.39 is 15.8 Å². The molecule has 0 saturated carbocycles. The second-order valence-electron chi connectivity index (χ2n) is 5.86. The fraction of sp³-hybridized carbons (Fsp3) is 0. The molecule has 0 saturated heterocycles. The second-order valence-corrected chi connectivity index (χ2v) is 7.65. The average molecular weight is 380 g/mol. The van der Waals surface area contributed by atoms with Crippen LogP contribution in [0.5, 0.6) is 0 Å². The number of benzene rings is 2. The second kappa shape index (κ2) is 6.44. The van der Waals surface area contributed by atoms with Gasteiger partial charge in [0.2, 0.25) is 0 Å². The summed E-state index contributed by atoms with van der Waals surface area (Å²) in [5.74, 6) is -0.426. The van der Waals surface area contributed by atoms with Crippen LogP contribution < -0.4 is 0 Å². The molecule has 0 aliphatic carbocycles. The van der Waals surface area contributed by atoms with Crippen molar-refractivity contribution >= 4 is 27.2 Å². The number of carbonyl (C=O) groups is 1. The summed E-state index contributed by atoms with van der Waals surface area (Å²) in [5, 5.41) is 0.491. The van der Waals surface area contributed by atoms with Gasteiger partial charge in [-0.25, -0.2) is 16.8 Å². The van der Waals surface area contributed by atoms with Crippen LogP contribution >= 0.6 is 0 Å². The van der Waals surface area contributed by atoms with E-state index in [0.717, 1.165) is 3.97 Å². The lowest BCUT2D eigenvalue weighted by atomic mass is 10.0. The molecule has 0 spiro atoms. The number of hydrogen-bond acceptors (Lipinski definition) is 4. The molecule has 0 fully saturated rings. The van der Waals surface area contributed by atoms with E-state index in [1.807, 2.05) is 0 Å². The number of nitrogens with zero attached hydrogens (tertiary/aromatic N) is 2. The molecule has 0 atom stereocenters. The molecule has 0 aliphatic rings. The molecular weight excluding hydrogens is 367 g/mol. The summed E-state index contributed by atoms with van der Waals surface area (Å²) in [6.45, 7) is 0. The normalized spacial score (nSPS) is 11.6. The molecule has 0 unspecified atom stereocenters. The van der Waals surface area contributed by atoms with Crippen molar-refractivity contribution in [1.82, 2.24) is 8.96 Å². The van der Waals surface area contributed by atoms with Crippen molar-refractivity contribution in [2.75, 3.05) is 0 Å². The Hall–Kier alpha value is -3.32. The van der Waals surface area contributed by atoms with Gasteiger partial charge >= 0.3 is 0 Å².